The summed E-state index contributed by atoms with van der Waals surface area (Å²) in [5.41, 5.74) is 1.85. The van der Waals surface area contributed by atoms with E-state index in [1.807, 2.05) is 0 Å². The standard InChI is InChI=1S/C7H6N2OS.ClH/c10-11-2-1-7-6(4-11)3-8-5-9-7;/h1-3,5H,4H2;1H. The molecule has 2 heterocycles. The van der Waals surface area contributed by atoms with E-state index in [2.05, 4.69) is 9.97 Å². The van der Waals surface area contributed by atoms with Gasteiger partial charge in [0.2, 0.25) is 0 Å². The lowest BCUT2D eigenvalue weighted by molar-refractivity contribution is 0.602. The number of fused-ring (bicyclic) bond motifs is 1. The summed E-state index contributed by atoms with van der Waals surface area (Å²) in [6.07, 6.45) is 4.98. The third kappa shape index (κ3) is 1.77. The predicted octanol–water partition coefficient (Wildman–Crippen LogP) is 1.13. The van der Waals surface area contributed by atoms with E-state index in [1.165, 1.54) is 6.33 Å². The molecule has 0 saturated carbocycles. The first-order valence-corrected chi connectivity index (χ1v) is 4.59. The van der Waals surface area contributed by atoms with Gasteiger partial charge in [0.1, 0.15) is 17.5 Å². The van der Waals surface area contributed by atoms with Gasteiger partial charge in [-0.25, -0.2) is 9.97 Å². The minimum atomic E-state index is -0.862. The maximum absolute atomic E-state index is 11.0. The van der Waals surface area contributed by atoms with Crippen LogP contribution < -0.4 is 0 Å². The van der Waals surface area contributed by atoms with E-state index in [4.69, 9.17) is 0 Å². The van der Waals surface area contributed by atoms with Crippen molar-refractivity contribution in [2.24, 2.45) is 0 Å². The monoisotopic (exact) mass is 202 g/mol. The summed E-state index contributed by atoms with van der Waals surface area (Å²) in [5.74, 6) is 0.548. The number of hydrogen-bond acceptors (Lipinski definition) is 3. The highest BCUT2D eigenvalue weighted by Crippen LogP contribution is 2.17. The molecule has 2 rings (SSSR count). The van der Waals surface area contributed by atoms with Crippen LogP contribution in [0.15, 0.2) is 17.9 Å². The molecule has 5 heteroatoms. The zero-order chi connectivity index (χ0) is 7.68. The Hall–Kier alpha value is -0.580. The van der Waals surface area contributed by atoms with Crippen molar-refractivity contribution in [1.82, 2.24) is 9.97 Å². The SMILES string of the molecule is Cl.[O-][S+]1C=Cc2ncncc2C1. The van der Waals surface area contributed by atoms with Gasteiger partial charge >= 0.3 is 0 Å². The van der Waals surface area contributed by atoms with Gasteiger partial charge in [0.25, 0.3) is 0 Å². The highest BCUT2D eigenvalue weighted by atomic mass is 35.5. The molecule has 1 atom stereocenters. The van der Waals surface area contributed by atoms with Crippen molar-refractivity contribution in [2.75, 3.05) is 0 Å². The Morgan fingerprint density at radius 2 is 2.33 bits per heavy atom. The lowest BCUT2D eigenvalue weighted by Crippen LogP contribution is -2.07. The molecule has 3 nitrogen and oxygen atoms in total. The van der Waals surface area contributed by atoms with Crippen molar-refractivity contribution in [2.45, 2.75) is 5.75 Å². The van der Waals surface area contributed by atoms with Crippen LogP contribution in [0.1, 0.15) is 11.3 Å². The maximum Gasteiger partial charge on any atom is 0.139 e. The zero-order valence-electron chi connectivity index (χ0n) is 6.14. The van der Waals surface area contributed by atoms with Gasteiger partial charge in [-0.1, -0.05) is 0 Å². The second-order valence-electron chi connectivity index (χ2n) is 2.26. The molecule has 1 aliphatic heterocycles. The molecule has 1 unspecified atom stereocenters. The molecule has 0 aliphatic carbocycles. The molecule has 0 fully saturated rings. The predicted molar refractivity (Wildman–Crippen MR) is 50.2 cm³/mol. The summed E-state index contributed by atoms with van der Waals surface area (Å²) in [6, 6.07) is 0. The quantitative estimate of drug-likeness (QED) is 0.593. The minimum absolute atomic E-state index is 0. The van der Waals surface area contributed by atoms with Gasteiger partial charge < -0.3 is 4.55 Å². The summed E-state index contributed by atoms with van der Waals surface area (Å²) in [7, 11) is 0. The molecule has 0 spiro atoms. The Morgan fingerprint density at radius 1 is 1.50 bits per heavy atom. The van der Waals surface area contributed by atoms with Gasteiger partial charge in [-0.2, -0.15) is 0 Å². The fraction of sp³-hybridized carbons (Fsp3) is 0.143. The molecule has 12 heavy (non-hydrogen) atoms. The van der Waals surface area contributed by atoms with E-state index < -0.39 is 11.2 Å². The third-order valence-electron chi connectivity index (χ3n) is 1.50. The van der Waals surface area contributed by atoms with Crippen LogP contribution in [0, 0.1) is 0 Å². The van der Waals surface area contributed by atoms with E-state index in [0.29, 0.717) is 5.75 Å². The highest BCUT2D eigenvalue weighted by Gasteiger charge is 2.13. The van der Waals surface area contributed by atoms with E-state index in [-0.39, 0.29) is 12.4 Å². The normalized spacial score (nSPS) is 19.6. The Labute approximate surface area is 79.5 Å². The van der Waals surface area contributed by atoms with Crippen LogP contribution in [0.4, 0.5) is 0 Å². The molecule has 0 bridgehead atoms. The van der Waals surface area contributed by atoms with Crippen LogP contribution >= 0.6 is 12.4 Å². The second kappa shape index (κ2) is 3.89. The number of halogens is 1. The zero-order valence-corrected chi connectivity index (χ0v) is 7.77. The first kappa shape index (κ1) is 9.51. The Kier molecular flexibility index (Phi) is 3.08. The average Bonchev–Trinajstić information content (AvgIpc) is 2.04. The van der Waals surface area contributed by atoms with E-state index in [9.17, 15) is 4.55 Å². The summed E-state index contributed by atoms with van der Waals surface area (Å²) in [6.45, 7) is 0. The molecule has 0 N–H and O–H groups in total. The average molecular weight is 203 g/mol. The fourth-order valence-corrected chi connectivity index (χ4v) is 1.88. The third-order valence-corrected chi connectivity index (χ3v) is 2.53. The number of rotatable bonds is 0. The van der Waals surface area contributed by atoms with Crippen molar-refractivity contribution in [3.63, 3.8) is 0 Å². The van der Waals surface area contributed by atoms with E-state index in [1.54, 1.807) is 17.7 Å². The smallest absolute Gasteiger partial charge is 0.139 e. The van der Waals surface area contributed by atoms with Crippen LogP contribution in [-0.2, 0) is 16.9 Å². The fourth-order valence-electron chi connectivity index (χ4n) is 0.971. The van der Waals surface area contributed by atoms with Gasteiger partial charge in [0.15, 0.2) is 0 Å². The largest absolute Gasteiger partial charge is 0.612 e. The van der Waals surface area contributed by atoms with Gasteiger partial charge in [0, 0.05) is 17.8 Å². The van der Waals surface area contributed by atoms with Crippen molar-refractivity contribution >= 4 is 29.7 Å². The number of nitrogens with zero attached hydrogens (tertiary/aromatic N) is 2. The highest BCUT2D eigenvalue weighted by molar-refractivity contribution is 7.93. The molecule has 0 radical (unpaired) electrons. The van der Waals surface area contributed by atoms with Crippen LogP contribution in [-0.4, -0.2) is 14.5 Å². The lowest BCUT2D eigenvalue weighted by Gasteiger charge is -2.11. The number of hydrogen-bond donors (Lipinski definition) is 0. The maximum atomic E-state index is 11.0. The summed E-state index contributed by atoms with van der Waals surface area (Å²) in [5, 5.41) is 1.66. The van der Waals surface area contributed by atoms with Crippen LogP contribution in [0.25, 0.3) is 6.08 Å². The summed E-state index contributed by atoms with van der Waals surface area (Å²) in [4.78, 5) is 7.87. The van der Waals surface area contributed by atoms with Crippen LogP contribution in [0.2, 0.25) is 0 Å². The molecule has 64 valence electrons. The van der Waals surface area contributed by atoms with Crippen molar-refractivity contribution in [1.29, 1.82) is 0 Å². The second-order valence-corrected chi connectivity index (χ2v) is 3.58. The van der Waals surface area contributed by atoms with Gasteiger partial charge in [-0.3, -0.25) is 0 Å². The van der Waals surface area contributed by atoms with Crippen LogP contribution in [0.3, 0.4) is 0 Å². The summed E-state index contributed by atoms with van der Waals surface area (Å²) >= 11 is -0.862. The Morgan fingerprint density at radius 3 is 3.17 bits per heavy atom. The molecule has 1 aliphatic rings. The molecule has 1 aromatic heterocycles. The minimum Gasteiger partial charge on any atom is -0.612 e. The Balaban J connectivity index is 0.000000720. The molecule has 1 aromatic rings. The van der Waals surface area contributed by atoms with Crippen molar-refractivity contribution in [3.8, 4) is 0 Å². The van der Waals surface area contributed by atoms with Gasteiger partial charge in [-0.05, 0) is 11.2 Å². The van der Waals surface area contributed by atoms with Gasteiger partial charge in [-0.15, -0.1) is 12.4 Å². The van der Waals surface area contributed by atoms with Crippen LogP contribution in [0.5, 0.6) is 0 Å². The van der Waals surface area contributed by atoms with Crippen molar-refractivity contribution in [3.05, 3.63) is 29.2 Å². The molecule has 0 saturated heterocycles. The molecular formula is C7H7ClN2OS. The first-order valence-electron chi connectivity index (χ1n) is 3.20. The molecule has 0 aromatic carbocycles. The first-order chi connectivity index (χ1) is 5.36. The van der Waals surface area contributed by atoms with Gasteiger partial charge in [0.05, 0.1) is 5.69 Å². The van der Waals surface area contributed by atoms with E-state index >= 15 is 0 Å². The Bertz CT molecular complexity index is 305. The molecule has 0 amide bonds. The summed E-state index contributed by atoms with van der Waals surface area (Å²) < 4.78 is 11.0. The molecular weight excluding hydrogens is 196 g/mol. The lowest BCUT2D eigenvalue weighted by atomic mass is 10.2. The van der Waals surface area contributed by atoms with Crippen molar-refractivity contribution < 1.29 is 4.55 Å². The number of aromatic nitrogens is 2. The topological polar surface area (TPSA) is 48.8 Å². The van der Waals surface area contributed by atoms with E-state index in [0.717, 1.165) is 11.3 Å².